The molecular weight excluding hydrogens is 274 g/mol. The quantitative estimate of drug-likeness (QED) is 0.259. The SMILES string of the molecule is COC(=O)CCCCCCC(=O)NOC(C)OCC(C)C. The van der Waals surface area contributed by atoms with Crippen molar-refractivity contribution in [2.75, 3.05) is 13.7 Å². The van der Waals surface area contributed by atoms with Crippen LogP contribution < -0.4 is 5.48 Å². The van der Waals surface area contributed by atoms with Gasteiger partial charge in [-0.1, -0.05) is 26.7 Å². The Morgan fingerprint density at radius 2 is 1.62 bits per heavy atom. The zero-order valence-corrected chi connectivity index (χ0v) is 13.6. The number of methoxy groups -OCH3 is 1. The van der Waals surface area contributed by atoms with E-state index in [9.17, 15) is 9.59 Å². The summed E-state index contributed by atoms with van der Waals surface area (Å²) in [5.74, 6) is 0.0937. The molecule has 0 aliphatic rings. The van der Waals surface area contributed by atoms with Gasteiger partial charge >= 0.3 is 5.97 Å². The summed E-state index contributed by atoms with van der Waals surface area (Å²) in [5.41, 5.74) is 2.39. The lowest BCUT2D eigenvalue weighted by Gasteiger charge is -2.15. The van der Waals surface area contributed by atoms with Crippen molar-refractivity contribution in [3.05, 3.63) is 0 Å². The number of unbranched alkanes of at least 4 members (excludes halogenated alkanes) is 3. The number of hydroxylamine groups is 1. The molecule has 0 spiro atoms. The highest BCUT2D eigenvalue weighted by Gasteiger charge is 2.07. The summed E-state index contributed by atoms with van der Waals surface area (Å²) >= 11 is 0. The fourth-order valence-electron chi connectivity index (χ4n) is 1.57. The monoisotopic (exact) mass is 303 g/mol. The Labute approximate surface area is 127 Å². The van der Waals surface area contributed by atoms with Crippen molar-refractivity contribution in [3.63, 3.8) is 0 Å². The first-order valence-corrected chi connectivity index (χ1v) is 7.58. The van der Waals surface area contributed by atoms with Crippen molar-refractivity contribution in [1.82, 2.24) is 5.48 Å². The number of rotatable bonds is 12. The molecule has 1 amide bonds. The molecule has 0 saturated carbocycles. The second kappa shape index (κ2) is 12.6. The first-order chi connectivity index (χ1) is 9.95. The Kier molecular flexibility index (Phi) is 11.9. The van der Waals surface area contributed by atoms with Crippen LogP contribution in [0.5, 0.6) is 0 Å². The van der Waals surface area contributed by atoms with Crippen molar-refractivity contribution in [2.45, 2.75) is 65.6 Å². The predicted octanol–water partition coefficient (Wildman–Crippen LogP) is 2.57. The van der Waals surface area contributed by atoms with E-state index < -0.39 is 6.29 Å². The van der Waals surface area contributed by atoms with E-state index in [0.717, 1.165) is 25.7 Å². The lowest BCUT2D eigenvalue weighted by Crippen LogP contribution is -2.30. The molecule has 6 nitrogen and oxygen atoms in total. The third-order valence-electron chi connectivity index (χ3n) is 2.77. The van der Waals surface area contributed by atoms with Gasteiger partial charge in [-0.15, -0.1) is 0 Å². The minimum absolute atomic E-state index is 0.150. The number of hydrogen-bond donors (Lipinski definition) is 1. The fraction of sp³-hybridized carbons (Fsp3) is 0.867. The third kappa shape index (κ3) is 13.6. The molecular formula is C15H29NO5. The van der Waals surface area contributed by atoms with Gasteiger partial charge in [0.05, 0.1) is 13.7 Å². The Hall–Kier alpha value is -1.14. The lowest BCUT2D eigenvalue weighted by molar-refractivity contribution is -0.183. The molecule has 21 heavy (non-hydrogen) atoms. The second-order valence-corrected chi connectivity index (χ2v) is 5.43. The molecule has 6 heteroatoms. The molecule has 0 aliphatic heterocycles. The first kappa shape index (κ1) is 19.9. The second-order valence-electron chi connectivity index (χ2n) is 5.43. The first-order valence-electron chi connectivity index (χ1n) is 7.58. The molecule has 0 heterocycles. The van der Waals surface area contributed by atoms with E-state index in [1.807, 2.05) is 13.8 Å². The van der Waals surface area contributed by atoms with Crippen molar-refractivity contribution < 1.29 is 23.9 Å². The summed E-state index contributed by atoms with van der Waals surface area (Å²) in [6, 6.07) is 0. The molecule has 0 fully saturated rings. The van der Waals surface area contributed by atoms with Crippen molar-refractivity contribution >= 4 is 11.9 Å². The topological polar surface area (TPSA) is 73.9 Å². The maximum absolute atomic E-state index is 11.5. The molecule has 0 aromatic rings. The molecule has 0 radical (unpaired) electrons. The maximum Gasteiger partial charge on any atom is 0.305 e. The van der Waals surface area contributed by atoms with Crippen LogP contribution in [0.15, 0.2) is 0 Å². The Morgan fingerprint density at radius 1 is 1.00 bits per heavy atom. The summed E-state index contributed by atoms with van der Waals surface area (Å²) in [6.45, 7) is 6.43. The molecule has 0 saturated heterocycles. The van der Waals surface area contributed by atoms with E-state index in [2.05, 4.69) is 10.2 Å². The van der Waals surface area contributed by atoms with Gasteiger partial charge in [0.1, 0.15) is 0 Å². The van der Waals surface area contributed by atoms with Crippen LogP contribution in [0.3, 0.4) is 0 Å². The average Bonchev–Trinajstić information content (AvgIpc) is 2.45. The summed E-state index contributed by atoms with van der Waals surface area (Å²) in [4.78, 5) is 27.5. The number of esters is 1. The molecule has 0 rings (SSSR count). The molecule has 1 N–H and O–H groups in total. The number of nitrogens with one attached hydrogen (secondary N) is 1. The van der Waals surface area contributed by atoms with E-state index in [1.54, 1.807) is 6.92 Å². The van der Waals surface area contributed by atoms with E-state index in [4.69, 9.17) is 9.57 Å². The average molecular weight is 303 g/mol. The summed E-state index contributed by atoms with van der Waals surface area (Å²) in [7, 11) is 1.39. The summed E-state index contributed by atoms with van der Waals surface area (Å²) in [5, 5.41) is 0. The molecule has 1 unspecified atom stereocenters. The minimum atomic E-state index is -0.448. The number of carbonyl (C=O) groups is 2. The Balaban J connectivity index is 3.44. The number of ether oxygens (including phenoxy) is 2. The van der Waals surface area contributed by atoms with Gasteiger partial charge in [0.25, 0.3) is 0 Å². The predicted molar refractivity (Wildman–Crippen MR) is 79.2 cm³/mol. The van der Waals surface area contributed by atoms with Crippen molar-refractivity contribution in [2.24, 2.45) is 5.92 Å². The van der Waals surface area contributed by atoms with Crippen LogP contribution in [0.25, 0.3) is 0 Å². The van der Waals surface area contributed by atoms with E-state index >= 15 is 0 Å². The van der Waals surface area contributed by atoms with Gasteiger partial charge in [-0.05, 0) is 25.7 Å². The number of carbonyl (C=O) groups excluding carboxylic acids is 2. The minimum Gasteiger partial charge on any atom is -0.469 e. The van der Waals surface area contributed by atoms with E-state index in [-0.39, 0.29) is 11.9 Å². The maximum atomic E-state index is 11.5. The molecule has 0 bridgehead atoms. The highest BCUT2D eigenvalue weighted by atomic mass is 16.8. The van der Waals surface area contributed by atoms with Crippen LogP contribution in [0.1, 0.15) is 59.3 Å². The summed E-state index contributed by atoms with van der Waals surface area (Å²) < 4.78 is 9.92. The van der Waals surface area contributed by atoms with E-state index in [1.165, 1.54) is 7.11 Å². The fourth-order valence-corrected chi connectivity index (χ4v) is 1.57. The van der Waals surface area contributed by atoms with Gasteiger partial charge in [-0.2, -0.15) is 0 Å². The Morgan fingerprint density at radius 3 is 2.19 bits per heavy atom. The highest BCUT2D eigenvalue weighted by molar-refractivity contribution is 5.74. The van der Waals surface area contributed by atoms with Crippen LogP contribution in [0.4, 0.5) is 0 Å². The summed E-state index contributed by atoms with van der Waals surface area (Å²) in [6.07, 6.45) is 3.80. The van der Waals surface area contributed by atoms with Crippen LogP contribution in [-0.4, -0.2) is 31.9 Å². The molecule has 0 aliphatic carbocycles. The van der Waals surface area contributed by atoms with Crippen LogP contribution >= 0.6 is 0 Å². The molecule has 124 valence electrons. The van der Waals surface area contributed by atoms with Gasteiger partial charge in [0.2, 0.25) is 5.91 Å². The Bertz CT molecular complexity index is 294. The van der Waals surface area contributed by atoms with Crippen LogP contribution in [-0.2, 0) is 23.9 Å². The standard InChI is InChI=1S/C15H29NO5/c1-12(2)11-20-13(3)21-16-14(17)9-7-5-6-8-10-15(18)19-4/h12-13H,5-11H2,1-4H3,(H,16,17). The molecule has 0 aromatic carbocycles. The largest absolute Gasteiger partial charge is 0.469 e. The van der Waals surface area contributed by atoms with Gasteiger partial charge < -0.3 is 9.47 Å². The smallest absolute Gasteiger partial charge is 0.305 e. The highest BCUT2D eigenvalue weighted by Crippen LogP contribution is 2.06. The zero-order valence-electron chi connectivity index (χ0n) is 13.6. The lowest BCUT2D eigenvalue weighted by atomic mass is 10.1. The van der Waals surface area contributed by atoms with Crippen molar-refractivity contribution in [1.29, 1.82) is 0 Å². The number of amides is 1. The normalized spacial score (nSPS) is 12.2. The molecule has 0 aromatic heterocycles. The molecule has 1 atom stereocenters. The zero-order chi connectivity index (χ0) is 16.1. The van der Waals surface area contributed by atoms with Crippen molar-refractivity contribution in [3.8, 4) is 0 Å². The van der Waals surface area contributed by atoms with Gasteiger partial charge in [-0.3, -0.25) is 9.59 Å². The van der Waals surface area contributed by atoms with Gasteiger partial charge in [0.15, 0.2) is 6.29 Å². The third-order valence-corrected chi connectivity index (χ3v) is 2.77. The number of hydrogen-bond acceptors (Lipinski definition) is 5. The van der Waals surface area contributed by atoms with Gasteiger partial charge in [0, 0.05) is 12.8 Å². The van der Waals surface area contributed by atoms with Crippen LogP contribution in [0.2, 0.25) is 0 Å². The van der Waals surface area contributed by atoms with Gasteiger partial charge in [-0.25, -0.2) is 10.3 Å². The van der Waals surface area contributed by atoms with Crippen LogP contribution in [0, 0.1) is 5.92 Å². The van der Waals surface area contributed by atoms with E-state index in [0.29, 0.717) is 25.4 Å².